The first-order valence-corrected chi connectivity index (χ1v) is 12.8. The number of phenolic OH excluding ortho intramolecular Hbond substituents is 1. The zero-order valence-electron chi connectivity index (χ0n) is 24.0. The van der Waals surface area contributed by atoms with E-state index in [4.69, 9.17) is 4.74 Å². The van der Waals surface area contributed by atoms with E-state index in [1.54, 1.807) is 52.8 Å². The van der Waals surface area contributed by atoms with Crippen molar-refractivity contribution >= 4 is 17.9 Å². The van der Waals surface area contributed by atoms with Crippen LogP contribution in [-0.2, 0) is 14.3 Å². The Hall–Kier alpha value is -2.77. The summed E-state index contributed by atoms with van der Waals surface area (Å²) in [7, 11) is 0. The summed E-state index contributed by atoms with van der Waals surface area (Å²) in [5.41, 5.74) is -0.348. The second-order valence-electron chi connectivity index (χ2n) is 12.1. The number of ether oxygens (including phenoxy) is 1. The standard InChI is InChI=1S/C28H47N3O5/c1-17(2)15-16-19(4)31(25(34)20(5)29-26(35)36-28(9,10)11)22(24(33)30-27(6,7)8)21-14-12-13-18(3)23(21)32/h12-14,17,19-20,22,32H,15-16H2,1-11H3,(H,29,35)(H,30,33). The Morgan fingerprint density at radius 3 is 2.08 bits per heavy atom. The van der Waals surface area contributed by atoms with Crippen molar-refractivity contribution in [3.8, 4) is 5.75 Å². The van der Waals surface area contributed by atoms with Crippen molar-refractivity contribution in [2.24, 2.45) is 5.92 Å². The lowest BCUT2D eigenvalue weighted by Gasteiger charge is -2.39. The van der Waals surface area contributed by atoms with Crippen molar-refractivity contribution in [1.29, 1.82) is 0 Å². The highest BCUT2D eigenvalue weighted by Crippen LogP contribution is 2.34. The smallest absolute Gasteiger partial charge is 0.408 e. The molecule has 0 spiro atoms. The average Bonchev–Trinajstić information content (AvgIpc) is 2.69. The molecule has 8 heteroatoms. The first-order valence-electron chi connectivity index (χ1n) is 12.8. The highest BCUT2D eigenvalue weighted by Gasteiger charge is 2.39. The zero-order chi connectivity index (χ0) is 28.0. The van der Waals surface area contributed by atoms with Crippen molar-refractivity contribution < 1.29 is 24.2 Å². The number of carbonyl (C=O) groups is 3. The number of hydrogen-bond acceptors (Lipinski definition) is 5. The van der Waals surface area contributed by atoms with Gasteiger partial charge in [0.25, 0.3) is 0 Å². The molecule has 0 aliphatic carbocycles. The van der Waals surface area contributed by atoms with E-state index in [1.165, 1.54) is 4.90 Å². The van der Waals surface area contributed by atoms with Crippen LogP contribution in [0.1, 0.15) is 99.2 Å². The van der Waals surface area contributed by atoms with Crippen LogP contribution in [0.15, 0.2) is 18.2 Å². The Morgan fingerprint density at radius 2 is 1.58 bits per heavy atom. The van der Waals surface area contributed by atoms with Crippen LogP contribution in [0.4, 0.5) is 4.79 Å². The fraction of sp³-hybridized carbons (Fsp3) is 0.679. The fourth-order valence-electron chi connectivity index (χ4n) is 3.84. The number of nitrogens with one attached hydrogen (secondary N) is 2. The van der Waals surface area contributed by atoms with Crippen LogP contribution in [0.25, 0.3) is 0 Å². The third-order valence-electron chi connectivity index (χ3n) is 5.58. The summed E-state index contributed by atoms with van der Waals surface area (Å²) < 4.78 is 5.33. The summed E-state index contributed by atoms with van der Waals surface area (Å²) in [6, 6.07) is 2.76. The van der Waals surface area contributed by atoms with Gasteiger partial charge in [-0.15, -0.1) is 0 Å². The Kier molecular flexibility index (Phi) is 10.8. The van der Waals surface area contributed by atoms with E-state index in [0.29, 0.717) is 23.5 Å². The normalized spacial score (nSPS) is 14.6. The summed E-state index contributed by atoms with van der Waals surface area (Å²) in [6.07, 6.45) is 0.771. The van der Waals surface area contributed by atoms with Crippen molar-refractivity contribution in [1.82, 2.24) is 15.5 Å². The van der Waals surface area contributed by atoms with E-state index in [1.807, 2.05) is 27.7 Å². The van der Waals surface area contributed by atoms with E-state index in [0.717, 1.165) is 6.42 Å². The summed E-state index contributed by atoms with van der Waals surface area (Å²) in [4.78, 5) is 41.5. The van der Waals surface area contributed by atoms with Crippen LogP contribution in [0.3, 0.4) is 0 Å². The minimum atomic E-state index is -1.10. The minimum Gasteiger partial charge on any atom is -0.507 e. The number of hydrogen-bond donors (Lipinski definition) is 3. The number of para-hydroxylation sites is 1. The molecule has 3 unspecified atom stereocenters. The van der Waals surface area contributed by atoms with Crippen molar-refractivity contribution in [2.75, 3.05) is 0 Å². The van der Waals surface area contributed by atoms with Crippen molar-refractivity contribution in [3.05, 3.63) is 29.3 Å². The predicted octanol–water partition coefficient (Wildman–Crippen LogP) is 5.22. The second-order valence-corrected chi connectivity index (χ2v) is 12.1. The number of phenols is 1. The Labute approximate surface area is 217 Å². The van der Waals surface area contributed by atoms with Gasteiger partial charge < -0.3 is 25.4 Å². The quantitative estimate of drug-likeness (QED) is 0.426. The maximum absolute atomic E-state index is 13.9. The predicted molar refractivity (Wildman–Crippen MR) is 143 cm³/mol. The molecule has 3 atom stereocenters. The molecule has 204 valence electrons. The molecular formula is C28H47N3O5. The molecule has 3 amide bonds. The van der Waals surface area contributed by atoms with Gasteiger partial charge in [-0.1, -0.05) is 32.0 Å². The lowest BCUT2D eigenvalue weighted by Crippen LogP contribution is -2.56. The van der Waals surface area contributed by atoms with Crippen LogP contribution >= 0.6 is 0 Å². The van der Waals surface area contributed by atoms with Crippen molar-refractivity contribution in [3.63, 3.8) is 0 Å². The number of aromatic hydroxyl groups is 1. The maximum atomic E-state index is 13.9. The minimum absolute atomic E-state index is 0.0341. The highest BCUT2D eigenvalue weighted by atomic mass is 16.6. The molecule has 8 nitrogen and oxygen atoms in total. The number of alkyl carbamates (subject to hydrolysis) is 1. The highest BCUT2D eigenvalue weighted by molar-refractivity contribution is 5.92. The molecule has 0 radical (unpaired) electrons. The van der Waals surface area contributed by atoms with Gasteiger partial charge in [0, 0.05) is 17.1 Å². The molecule has 0 heterocycles. The van der Waals surface area contributed by atoms with Gasteiger partial charge in [0.05, 0.1) is 0 Å². The van der Waals surface area contributed by atoms with Crippen LogP contribution in [-0.4, -0.2) is 51.1 Å². The number of rotatable bonds is 9. The molecule has 0 aliphatic rings. The molecule has 0 bridgehead atoms. The van der Waals surface area contributed by atoms with Gasteiger partial charge in [0.2, 0.25) is 11.8 Å². The van der Waals surface area contributed by atoms with Crippen molar-refractivity contribution in [2.45, 2.75) is 118 Å². The Morgan fingerprint density at radius 1 is 1.00 bits per heavy atom. The first kappa shape index (κ1) is 31.3. The van der Waals surface area contributed by atoms with E-state index in [9.17, 15) is 19.5 Å². The zero-order valence-corrected chi connectivity index (χ0v) is 24.0. The van der Waals surface area contributed by atoms with Gasteiger partial charge in [-0.3, -0.25) is 9.59 Å². The molecule has 1 aromatic carbocycles. The summed E-state index contributed by atoms with van der Waals surface area (Å²) in [5, 5.41) is 16.5. The molecule has 0 saturated heterocycles. The summed E-state index contributed by atoms with van der Waals surface area (Å²) in [5.74, 6) is -0.478. The first-order chi connectivity index (χ1) is 16.3. The lowest BCUT2D eigenvalue weighted by atomic mass is 9.95. The van der Waals surface area contributed by atoms with Gasteiger partial charge in [0.1, 0.15) is 23.4 Å². The Bertz CT molecular complexity index is 915. The van der Waals surface area contributed by atoms with Gasteiger partial charge >= 0.3 is 6.09 Å². The van der Waals surface area contributed by atoms with E-state index >= 15 is 0 Å². The molecular weight excluding hydrogens is 458 g/mol. The largest absolute Gasteiger partial charge is 0.507 e. The third kappa shape index (κ3) is 9.70. The molecule has 0 saturated carbocycles. The van der Waals surface area contributed by atoms with Gasteiger partial charge in [0.15, 0.2) is 0 Å². The van der Waals surface area contributed by atoms with Gasteiger partial charge in [-0.05, 0) is 86.6 Å². The average molecular weight is 506 g/mol. The number of carbonyl (C=O) groups excluding carboxylic acids is 3. The van der Waals surface area contributed by atoms with E-state index in [2.05, 4.69) is 24.5 Å². The second kappa shape index (κ2) is 12.5. The molecule has 0 aromatic heterocycles. The number of benzene rings is 1. The van der Waals surface area contributed by atoms with E-state index < -0.39 is 41.1 Å². The maximum Gasteiger partial charge on any atom is 0.408 e. The monoisotopic (exact) mass is 505 g/mol. The fourth-order valence-corrected chi connectivity index (χ4v) is 3.84. The van der Waals surface area contributed by atoms with Gasteiger partial charge in [-0.2, -0.15) is 0 Å². The van der Waals surface area contributed by atoms with E-state index in [-0.39, 0.29) is 11.8 Å². The number of nitrogens with zero attached hydrogens (tertiary/aromatic N) is 1. The molecule has 1 aromatic rings. The molecule has 3 N–H and O–H groups in total. The molecule has 0 fully saturated rings. The van der Waals surface area contributed by atoms with Crippen LogP contribution < -0.4 is 10.6 Å². The lowest BCUT2D eigenvalue weighted by molar-refractivity contribution is -0.145. The third-order valence-corrected chi connectivity index (χ3v) is 5.58. The molecule has 0 aliphatic heterocycles. The van der Waals surface area contributed by atoms with Crippen LogP contribution in [0.5, 0.6) is 5.75 Å². The number of amides is 3. The van der Waals surface area contributed by atoms with Crippen LogP contribution in [0.2, 0.25) is 0 Å². The van der Waals surface area contributed by atoms with Gasteiger partial charge in [-0.25, -0.2) is 4.79 Å². The SMILES string of the molecule is Cc1cccc(C(C(=O)NC(C)(C)C)N(C(=O)C(C)NC(=O)OC(C)(C)C)C(C)CCC(C)C)c1O. The topological polar surface area (TPSA) is 108 Å². The number of aryl methyl sites for hydroxylation is 1. The molecule has 1 rings (SSSR count). The summed E-state index contributed by atoms with van der Waals surface area (Å²) in [6.45, 7) is 20.2. The van der Waals surface area contributed by atoms with Crippen LogP contribution in [0, 0.1) is 12.8 Å². The Balaban J connectivity index is 3.57. The molecule has 36 heavy (non-hydrogen) atoms. The summed E-state index contributed by atoms with van der Waals surface area (Å²) >= 11 is 0.